The van der Waals surface area contributed by atoms with E-state index in [0.29, 0.717) is 36.6 Å². The van der Waals surface area contributed by atoms with E-state index in [1.807, 2.05) is 30.9 Å². The Hall–Kier alpha value is -2.38. The van der Waals surface area contributed by atoms with E-state index in [4.69, 9.17) is 13.9 Å². The average molecular weight is 400 g/mol. The van der Waals surface area contributed by atoms with Crippen LogP contribution in [0.5, 0.6) is 5.75 Å². The Morgan fingerprint density at radius 1 is 1.21 bits per heavy atom. The number of hydrogen-bond donors (Lipinski definition) is 1. The lowest BCUT2D eigenvalue weighted by Gasteiger charge is -2.45. The standard InChI is InChI=1S/C22H28N2O5/c1-14-10-17(20-15(2)16(3)21(26)29-18(20)11-14)27-12-19(25)24-8-9-28-22(13-24)4-6-23-7-5-22/h10-11,23H,4-9,12-13H2,1-3H3. The molecule has 1 N–H and O–H groups in total. The molecule has 0 bridgehead atoms. The second-order valence-electron chi connectivity index (χ2n) is 8.16. The van der Waals surface area contributed by atoms with E-state index in [2.05, 4.69) is 5.32 Å². The molecular weight excluding hydrogens is 372 g/mol. The maximum atomic E-state index is 12.9. The van der Waals surface area contributed by atoms with Crippen molar-refractivity contribution in [1.29, 1.82) is 0 Å². The second-order valence-corrected chi connectivity index (χ2v) is 8.16. The molecule has 4 rings (SSSR count). The van der Waals surface area contributed by atoms with Gasteiger partial charge in [-0.15, -0.1) is 0 Å². The van der Waals surface area contributed by atoms with Gasteiger partial charge in [0.25, 0.3) is 5.91 Å². The number of piperidine rings is 1. The number of ether oxygens (including phenoxy) is 2. The van der Waals surface area contributed by atoms with Gasteiger partial charge < -0.3 is 24.1 Å². The molecule has 156 valence electrons. The molecule has 0 atom stereocenters. The molecular formula is C22H28N2O5. The van der Waals surface area contributed by atoms with Crippen molar-refractivity contribution in [2.45, 2.75) is 39.2 Å². The van der Waals surface area contributed by atoms with E-state index in [1.54, 1.807) is 6.92 Å². The first kappa shape index (κ1) is 19.9. The molecule has 0 radical (unpaired) electrons. The molecule has 7 heteroatoms. The van der Waals surface area contributed by atoms with Gasteiger partial charge >= 0.3 is 5.63 Å². The fraction of sp³-hybridized carbons (Fsp3) is 0.545. The quantitative estimate of drug-likeness (QED) is 0.795. The van der Waals surface area contributed by atoms with Crippen molar-refractivity contribution in [2.75, 3.05) is 39.4 Å². The zero-order chi connectivity index (χ0) is 20.6. The zero-order valence-corrected chi connectivity index (χ0v) is 17.3. The predicted molar refractivity (Wildman–Crippen MR) is 110 cm³/mol. The van der Waals surface area contributed by atoms with Gasteiger partial charge in [-0.25, -0.2) is 4.79 Å². The van der Waals surface area contributed by atoms with Crippen molar-refractivity contribution >= 4 is 16.9 Å². The van der Waals surface area contributed by atoms with Crippen LogP contribution >= 0.6 is 0 Å². The predicted octanol–water partition coefficient (Wildman–Crippen LogP) is 2.08. The summed E-state index contributed by atoms with van der Waals surface area (Å²) in [6, 6.07) is 3.70. The van der Waals surface area contributed by atoms with Crippen LogP contribution in [0.4, 0.5) is 0 Å². The summed E-state index contributed by atoms with van der Waals surface area (Å²) in [7, 11) is 0. The molecule has 29 heavy (non-hydrogen) atoms. The number of aryl methyl sites for hydroxylation is 2. The Morgan fingerprint density at radius 3 is 2.72 bits per heavy atom. The molecule has 1 amide bonds. The van der Waals surface area contributed by atoms with Gasteiger partial charge in [-0.3, -0.25) is 4.79 Å². The number of nitrogens with zero attached hydrogens (tertiary/aromatic N) is 1. The molecule has 2 aliphatic heterocycles. The highest BCUT2D eigenvalue weighted by atomic mass is 16.5. The SMILES string of the molecule is Cc1cc(OCC(=O)N2CCOC3(CCNCC3)C2)c2c(C)c(C)c(=O)oc2c1. The van der Waals surface area contributed by atoms with Gasteiger partial charge in [0.15, 0.2) is 6.61 Å². The topological polar surface area (TPSA) is 81.0 Å². The minimum absolute atomic E-state index is 0.0485. The number of fused-ring (bicyclic) bond motifs is 1. The van der Waals surface area contributed by atoms with Crippen LogP contribution in [0.1, 0.15) is 29.5 Å². The van der Waals surface area contributed by atoms with E-state index in [9.17, 15) is 9.59 Å². The largest absolute Gasteiger partial charge is 0.483 e. The smallest absolute Gasteiger partial charge is 0.339 e. The highest BCUT2D eigenvalue weighted by Gasteiger charge is 2.39. The summed E-state index contributed by atoms with van der Waals surface area (Å²) < 4.78 is 17.4. The highest BCUT2D eigenvalue weighted by molar-refractivity contribution is 5.88. The normalized spacial score (nSPS) is 18.9. The first-order chi connectivity index (χ1) is 13.9. The van der Waals surface area contributed by atoms with Gasteiger partial charge in [0.2, 0.25) is 0 Å². The minimum atomic E-state index is -0.344. The Labute approximate surface area is 170 Å². The molecule has 2 aromatic rings. The molecule has 0 saturated carbocycles. The molecule has 2 fully saturated rings. The van der Waals surface area contributed by atoms with E-state index in [0.717, 1.165) is 42.4 Å². The van der Waals surface area contributed by atoms with Crippen LogP contribution in [-0.4, -0.2) is 55.8 Å². The van der Waals surface area contributed by atoms with Gasteiger partial charge in [0, 0.05) is 18.7 Å². The number of amides is 1. The summed E-state index contributed by atoms with van der Waals surface area (Å²) in [5.41, 5.74) is 2.19. The fourth-order valence-electron chi connectivity index (χ4n) is 4.28. The Balaban J connectivity index is 1.53. The number of hydrogen-bond acceptors (Lipinski definition) is 6. The number of carbonyl (C=O) groups excluding carboxylic acids is 1. The summed E-state index contributed by atoms with van der Waals surface area (Å²) in [5.74, 6) is 0.523. The zero-order valence-electron chi connectivity index (χ0n) is 17.3. The molecule has 1 aromatic carbocycles. The van der Waals surface area contributed by atoms with Gasteiger partial charge in [0.1, 0.15) is 11.3 Å². The minimum Gasteiger partial charge on any atom is -0.483 e. The lowest BCUT2D eigenvalue weighted by atomic mass is 9.90. The summed E-state index contributed by atoms with van der Waals surface area (Å²) >= 11 is 0. The first-order valence-corrected chi connectivity index (χ1v) is 10.2. The van der Waals surface area contributed by atoms with Crippen molar-refractivity contribution in [3.8, 4) is 5.75 Å². The Bertz CT molecular complexity index is 985. The number of nitrogens with one attached hydrogen (secondary N) is 1. The number of benzene rings is 1. The van der Waals surface area contributed by atoms with Crippen molar-refractivity contribution in [2.24, 2.45) is 0 Å². The third-order valence-corrected chi connectivity index (χ3v) is 6.12. The van der Waals surface area contributed by atoms with Crippen molar-refractivity contribution < 1.29 is 18.7 Å². The number of carbonyl (C=O) groups is 1. The lowest BCUT2D eigenvalue weighted by molar-refractivity contribution is -0.156. The van der Waals surface area contributed by atoms with Crippen LogP contribution in [0.3, 0.4) is 0 Å². The first-order valence-electron chi connectivity index (χ1n) is 10.2. The third kappa shape index (κ3) is 3.89. The van der Waals surface area contributed by atoms with Crippen LogP contribution in [0.2, 0.25) is 0 Å². The van der Waals surface area contributed by atoms with Crippen LogP contribution in [-0.2, 0) is 9.53 Å². The van der Waals surface area contributed by atoms with Gasteiger partial charge in [-0.2, -0.15) is 0 Å². The molecule has 0 unspecified atom stereocenters. The summed E-state index contributed by atoms with van der Waals surface area (Å²) in [6.07, 6.45) is 1.83. The Morgan fingerprint density at radius 2 is 1.97 bits per heavy atom. The van der Waals surface area contributed by atoms with Gasteiger partial charge in [0.05, 0.1) is 17.6 Å². The molecule has 7 nitrogen and oxygen atoms in total. The maximum absolute atomic E-state index is 12.9. The van der Waals surface area contributed by atoms with Crippen LogP contribution in [0, 0.1) is 20.8 Å². The number of morpholine rings is 1. The summed E-state index contributed by atoms with van der Waals surface area (Å²) in [5, 5.41) is 4.09. The summed E-state index contributed by atoms with van der Waals surface area (Å²) in [4.78, 5) is 26.7. The fourth-order valence-corrected chi connectivity index (χ4v) is 4.28. The monoisotopic (exact) mass is 400 g/mol. The van der Waals surface area contributed by atoms with Crippen LogP contribution < -0.4 is 15.7 Å². The van der Waals surface area contributed by atoms with Gasteiger partial charge in [-0.05, 0) is 70.0 Å². The van der Waals surface area contributed by atoms with Crippen LogP contribution in [0.15, 0.2) is 21.3 Å². The maximum Gasteiger partial charge on any atom is 0.339 e. The average Bonchev–Trinajstić information content (AvgIpc) is 2.70. The second kappa shape index (κ2) is 7.80. The van der Waals surface area contributed by atoms with Crippen LogP contribution in [0.25, 0.3) is 11.0 Å². The van der Waals surface area contributed by atoms with E-state index < -0.39 is 0 Å². The number of rotatable bonds is 3. The molecule has 2 aliphatic rings. The molecule has 1 spiro atoms. The van der Waals surface area contributed by atoms with Crippen molar-refractivity contribution in [1.82, 2.24) is 10.2 Å². The third-order valence-electron chi connectivity index (χ3n) is 6.12. The van der Waals surface area contributed by atoms with Gasteiger partial charge in [-0.1, -0.05) is 0 Å². The van der Waals surface area contributed by atoms with E-state index >= 15 is 0 Å². The molecule has 0 aliphatic carbocycles. The molecule has 3 heterocycles. The lowest BCUT2D eigenvalue weighted by Crippen LogP contribution is -2.58. The van der Waals surface area contributed by atoms with E-state index in [1.165, 1.54) is 0 Å². The molecule has 2 saturated heterocycles. The van der Waals surface area contributed by atoms with Crippen molar-refractivity contribution in [3.05, 3.63) is 39.2 Å². The molecule has 1 aromatic heterocycles. The van der Waals surface area contributed by atoms with E-state index in [-0.39, 0.29) is 23.7 Å². The summed E-state index contributed by atoms with van der Waals surface area (Å²) in [6.45, 7) is 9.05. The Kier molecular flexibility index (Phi) is 5.36. The highest BCUT2D eigenvalue weighted by Crippen LogP contribution is 2.31. The van der Waals surface area contributed by atoms with Crippen molar-refractivity contribution in [3.63, 3.8) is 0 Å².